The van der Waals surface area contributed by atoms with Gasteiger partial charge in [-0.3, -0.25) is 4.57 Å². The largest absolute Gasteiger partial charge is 0.394 e. The number of aromatic nitrogens is 2. The third-order valence-electron chi connectivity index (χ3n) is 3.13. The number of ether oxygens (including phenoxy) is 1. The second kappa shape index (κ2) is 7.74. The number of nitrogens with zero attached hydrogens (tertiary/aromatic N) is 2. The lowest BCUT2D eigenvalue weighted by atomic mass is 10.1. The smallest absolute Gasteiger partial charge is 0.351 e. The zero-order valence-corrected chi connectivity index (χ0v) is 12.0. The van der Waals surface area contributed by atoms with Crippen molar-refractivity contribution in [1.29, 1.82) is 0 Å². The molecule has 0 unspecified atom stereocenters. The Kier molecular flexibility index (Phi) is 5.71. The predicted molar refractivity (Wildman–Crippen MR) is 78.4 cm³/mol. The maximum absolute atomic E-state index is 11.5. The molecule has 10 nitrogen and oxygen atoms in total. The molecule has 0 saturated carbocycles. The number of aliphatic hydroxyl groups is 3. The Morgan fingerprint density at radius 2 is 2.13 bits per heavy atom. The Bertz CT molecular complexity index is 619. The fourth-order valence-corrected chi connectivity index (χ4v) is 1.99. The molecule has 126 valence electrons. The van der Waals surface area contributed by atoms with Gasteiger partial charge < -0.3 is 30.6 Å². The average Bonchev–Trinajstić information content (AvgIpc) is 2.85. The maximum atomic E-state index is 11.5. The molecule has 0 radical (unpaired) electrons. The second-order valence-electron chi connectivity index (χ2n) is 4.69. The summed E-state index contributed by atoms with van der Waals surface area (Å²) < 4.78 is 6.19. The minimum absolute atomic E-state index is 0.0537. The van der Waals surface area contributed by atoms with Gasteiger partial charge in [-0.25, -0.2) is 10.3 Å². The summed E-state index contributed by atoms with van der Waals surface area (Å²) in [4.78, 5) is 19.5. The van der Waals surface area contributed by atoms with Gasteiger partial charge in [-0.05, 0) is 18.2 Å². The lowest BCUT2D eigenvalue weighted by Crippen LogP contribution is -2.36. The van der Waals surface area contributed by atoms with Crippen molar-refractivity contribution >= 4 is 5.82 Å². The standard InChI is InChI=1S/C9H13N3O5.C4H5NO/c10-5-1-2-12(9(16)11-5)8-7(15)6(14)4(3-13)17-8;1-2-4-6-5-3-1/h1-2,4,6-8,13-15H,3H2,(H2,10,11,16);1-5H/t4-,6-,7-,8-;/m1./s1. The van der Waals surface area contributed by atoms with Gasteiger partial charge in [-0.1, -0.05) is 0 Å². The van der Waals surface area contributed by atoms with E-state index in [2.05, 4.69) is 15.3 Å². The number of aliphatic hydroxyl groups excluding tert-OH is 3. The number of anilines is 1. The molecule has 3 rings (SSSR count). The summed E-state index contributed by atoms with van der Waals surface area (Å²) in [6.07, 6.45) is 3.66. The van der Waals surface area contributed by atoms with Crippen molar-refractivity contribution < 1.29 is 24.9 Å². The normalized spacial score (nSPS) is 28.5. The molecule has 2 aliphatic heterocycles. The van der Waals surface area contributed by atoms with Crippen LogP contribution in [0.4, 0.5) is 5.82 Å². The maximum Gasteiger partial charge on any atom is 0.351 e. The zero-order chi connectivity index (χ0) is 16.8. The third-order valence-corrected chi connectivity index (χ3v) is 3.13. The highest BCUT2D eigenvalue weighted by atomic mass is 16.6. The SMILES string of the molecule is C1=CNOC=C1.Nc1ccn([C@@H]2O[C@H](CO)[C@@H](O)[C@H]2O)c(=O)n1. The van der Waals surface area contributed by atoms with Crippen molar-refractivity contribution in [3.05, 3.63) is 47.4 Å². The van der Waals surface area contributed by atoms with E-state index in [1.807, 2.05) is 6.08 Å². The number of allylic oxidation sites excluding steroid dienone is 2. The molecule has 1 fully saturated rings. The van der Waals surface area contributed by atoms with E-state index in [9.17, 15) is 15.0 Å². The highest BCUT2D eigenvalue weighted by Gasteiger charge is 2.43. The molecule has 2 aliphatic rings. The van der Waals surface area contributed by atoms with Crippen molar-refractivity contribution in [3.63, 3.8) is 0 Å². The predicted octanol–water partition coefficient (Wildman–Crippen LogP) is -2.01. The molecule has 23 heavy (non-hydrogen) atoms. The molecular weight excluding hydrogens is 308 g/mol. The van der Waals surface area contributed by atoms with Crippen molar-refractivity contribution in [2.24, 2.45) is 0 Å². The molecule has 0 bridgehead atoms. The van der Waals surface area contributed by atoms with E-state index in [0.29, 0.717) is 0 Å². The van der Waals surface area contributed by atoms with Gasteiger partial charge in [0.05, 0.1) is 6.61 Å². The van der Waals surface area contributed by atoms with Crippen LogP contribution in [-0.2, 0) is 9.57 Å². The lowest BCUT2D eigenvalue weighted by Gasteiger charge is -2.16. The second-order valence-corrected chi connectivity index (χ2v) is 4.69. The summed E-state index contributed by atoms with van der Waals surface area (Å²) in [5.41, 5.74) is 7.15. The van der Waals surface area contributed by atoms with Gasteiger partial charge in [0, 0.05) is 12.4 Å². The Labute approximate surface area is 131 Å². The molecule has 1 saturated heterocycles. The minimum Gasteiger partial charge on any atom is -0.394 e. The molecule has 10 heteroatoms. The third kappa shape index (κ3) is 4.07. The fourth-order valence-electron chi connectivity index (χ4n) is 1.99. The first-order valence-corrected chi connectivity index (χ1v) is 6.74. The van der Waals surface area contributed by atoms with E-state index in [-0.39, 0.29) is 5.82 Å². The van der Waals surface area contributed by atoms with Crippen molar-refractivity contribution in [3.8, 4) is 0 Å². The Balaban J connectivity index is 0.000000268. The van der Waals surface area contributed by atoms with Gasteiger partial charge in [0.15, 0.2) is 6.23 Å². The molecular formula is C13H18N4O6. The molecule has 0 aromatic carbocycles. The van der Waals surface area contributed by atoms with Gasteiger partial charge in [-0.2, -0.15) is 4.98 Å². The van der Waals surface area contributed by atoms with Crippen LogP contribution in [0, 0.1) is 0 Å². The summed E-state index contributed by atoms with van der Waals surface area (Å²) in [5.74, 6) is 0.0537. The molecule has 1 aromatic rings. The van der Waals surface area contributed by atoms with E-state index >= 15 is 0 Å². The van der Waals surface area contributed by atoms with E-state index in [1.165, 1.54) is 12.3 Å². The summed E-state index contributed by atoms with van der Waals surface area (Å²) in [5, 5.41) is 28.2. The first kappa shape index (κ1) is 17.0. The van der Waals surface area contributed by atoms with E-state index in [0.717, 1.165) is 4.57 Å². The minimum atomic E-state index is -1.31. The number of hydrogen-bond donors (Lipinski definition) is 5. The van der Waals surface area contributed by atoms with Crippen LogP contribution in [0.1, 0.15) is 6.23 Å². The highest BCUT2D eigenvalue weighted by Crippen LogP contribution is 2.27. The first-order chi connectivity index (χ1) is 11.0. The molecule has 4 atom stereocenters. The van der Waals surface area contributed by atoms with Crippen molar-refractivity contribution in [1.82, 2.24) is 15.0 Å². The van der Waals surface area contributed by atoms with Gasteiger partial charge in [0.25, 0.3) is 0 Å². The van der Waals surface area contributed by atoms with E-state index in [1.54, 1.807) is 18.5 Å². The van der Waals surface area contributed by atoms with Gasteiger partial charge in [0.1, 0.15) is 30.4 Å². The topological polar surface area (TPSA) is 152 Å². The summed E-state index contributed by atoms with van der Waals surface area (Å²) in [6.45, 7) is -0.453. The van der Waals surface area contributed by atoms with Gasteiger partial charge in [0.2, 0.25) is 0 Å². The fraction of sp³-hybridized carbons (Fsp3) is 0.385. The van der Waals surface area contributed by atoms with Crippen LogP contribution in [-0.4, -0.2) is 49.8 Å². The molecule has 0 amide bonds. The molecule has 0 spiro atoms. The molecule has 0 aliphatic carbocycles. The van der Waals surface area contributed by atoms with Crippen molar-refractivity contribution in [2.75, 3.05) is 12.3 Å². The van der Waals surface area contributed by atoms with Gasteiger partial charge in [-0.15, -0.1) is 0 Å². The monoisotopic (exact) mass is 326 g/mol. The van der Waals surface area contributed by atoms with Crippen LogP contribution < -0.4 is 16.9 Å². The quantitative estimate of drug-likeness (QED) is 0.415. The number of nitrogen functional groups attached to an aromatic ring is 1. The van der Waals surface area contributed by atoms with Crippen LogP contribution in [0.5, 0.6) is 0 Å². The van der Waals surface area contributed by atoms with Crippen LogP contribution in [0.15, 0.2) is 41.7 Å². The Morgan fingerprint density at radius 1 is 1.35 bits per heavy atom. The Hall–Kier alpha value is -2.40. The number of nitrogens with one attached hydrogen (secondary N) is 1. The van der Waals surface area contributed by atoms with Crippen molar-refractivity contribution in [2.45, 2.75) is 24.5 Å². The Morgan fingerprint density at radius 3 is 2.57 bits per heavy atom. The summed E-state index contributed by atoms with van der Waals surface area (Å²) >= 11 is 0. The lowest BCUT2D eigenvalue weighted by molar-refractivity contribution is -0.0549. The number of rotatable bonds is 2. The van der Waals surface area contributed by atoms with Gasteiger partial charge >= 0.3 is 5.69 Å². The van der Waals surface area contributed by atoms with Crippen LogP contribution in [0.25, 0.3) is 0 Å². The highest BCUT2D eigenvalue weighted by molar-refractivity contribution is 5.23. The van der Waals surface area contributed by atoms with Crippen LogP contribution in [0.3, 0.4) is 0 Å². The van der Waals surface area contributed by atoms with Crippen LogP contribution in [0.2, 0.25) is 0 Å². The first-order valence-electron chi connectivity index (χ1n) is 6.74. The summed E-state index contributed by atoms with van der Waals surface area (Å²) in [7, 11) is 0. The van der Waals surface area contributed by atoms with E-state index in [4.69, 9.17) is 15.6 Å². The molecule has 6 N–H and O–H groups in total. The molecule has 3 heterocycles. The van der Waals surface area contributed by atoms with Crippen LogP contribution >= 0.6 is 0 Å². The summed E-state index contributed by atoms with van der Waals surface area (Å²) in [6, 6.07) is 1.37. The molecule has 1 aromatic heterocycles. The average molecular weight is 326 g/mol. The number of hydroxylamine groups is 1. The number of hydrogen-bond acceptors (Lipinski definition) is 9. The number of nitrogens with two attached hydrogens (primary N) is 1. The van der Waals surface area contributed by atoms with E-state index < -0.39 is 36.8 Å². The zero-order valence-electron chi connectivity index (χ0n) is 12.0.